The lowest BCUT2D eigenvalue weighted by Crippen LogP contribution is -2.62. The van der Waals surface area contributed by atoms with Crippen molar-refractivity contribution in [2.45, 2.75) is 220 Å². The number of aromatic hydroxyl groups is 1. The van der Waals surface area contributed by atoms with Crippen LogP contribution in [-0.4, -0.2) is 357 Å². The number of aliphatic hydroxyl groups is 2. The summed E-state index contributed by atoms with van der Waals surface area (Å²) in [6.07, 6.45) is 2.26. The SMILES string of the molecule is CC[C@H](C)[C@H](NC(=O)[C@@H](NC(=O)[C@H](CC(=O)O)NC(=O)[C@@H](N)CCC(N)=O)[C@@H](C)O)C(=O)N[C@@H](Cc1cnc[nH]1)C(=O)NCC(=O)N[C@@H](Cc1cnc[nH]1)C(=O)N1CCC[C@H]1C(=O)N[C@@H](CS)C(=O)N[C@@H](CO)C(=O)N[C@@H](CCCNC(N)=O)C(=O)N[C@@H](CCCNC(N)=O)C(=O)NCC(=O)N[C@@H](Cc1cnc[nH]1)C(=O)N[C@@H](CCCNC(=N)N)C(=O)N[C@@H](CS)C(=O)NCC(=O)N[C@@H](Cc1ccc(O)cc1)C(=O)O. The van der Waals surface area contributed by atoms with Crippen LogP contribution in [-0.2, 0) is 122 Å². The van der Waals surface area contributed by atoms with Crippen LogP contribution in [0.2, 0.25) is 0 Å². The van der Waals surface area contributed by atoms with Gasteiger partial charge in [-0.25, -0.2) is 29.3 Å². The molecule has 1 aliphatic heterocycles. The Balaban J connectivity index is 1.27. The number of likely N-dealkylation sites (tertiary alicyclic amines) is 1. The molecule has 0 spiro atoms. The number of carbonyl (C=O) groups excluding carboxylic acids is 20. The maximum atomic E-state index is 14.8. The van der Waals surface area contributed by atoms with Gasteiger partial charge in [-0.05, 0) is 88.3 Å². The lowest BCUT2D eigenvalue weighted by molar-refractivity contribution is -0.142. The Morgan fingerprint density at radius 3 is 1.30 bits per heavy atom. The molecule has 1 aliphatic rings. The highest BCUT2D eigenvalue weighted by Gasteiger charge is 2.43. The van der Waals surface area contributed by atoms with Gasteiger partial charge in [0.15, 0.2) is 5.96 Å². The van der Waals surface area contributed by atoms with Gasteiger partial charge in [-0.1, -0.05) is 32.4 Å². The first-order chi connectivity index (χ1) is 68.7. The molecule has 0 saturated carbocycles. The van der Waals surface area contributed by atoms with E-state index >= 15 is 0 Å². The van der Waals surface area contributed by atoms with Crippen molar-refractivity contribution in [1.29, 1.82) is 5.41 Å². The van der Waals surface area contributed by atoms with Crippen LogP contribution in [0.1, 0.15) is 120 Å². The fourth-order valence-corrected chi connectivity index (χ4v) is 14.7. The molecule has 4 aromatic rings. The summed E-state index contributed by atoms with van der Waals surface area (Å²) in [4.78, 5) is 318. The van der Waals surface area contributed by atoms with Gasteiger partial charge in [0.25, 0.3) is 0 Å². The number of aromatic nitrogens is 6. The van der Waals surface area contributed by atoms with Crippen LogP contribution >= 0.6 is 25.3 Å². The van der Waals surface area contributed by atoms with Crippen LogP contribution in [0.5, 0.6) is 5.75 Å². The van der Waals surface area contributed by atoms with E-state index < -0.39 is 283 Å². The molecule has 5 rings (SSSR count). The number of benzene rings is 1. The van der Waals surface area contributed by atoms with E-state index in [4.69, 9.17) is 34.1 Å². The molecule has 1 aromatic carbocycles. The Bertz CT molecular complexity index is 5080. The highest BCUT2D eigenvalue weighted by molar-refractivity contribution is 7.80. The number of H-pyrrole nitrogens is 3. The molecule has 0 unspecified atom stereocenters. The molecule has 0 bridgehead atoms. The van der Waals surface area contributed by atoms with Crippen molar-refractivity contribution in [1.82, 2.24) is 136 Å². The predicted octanol–water partition coefficient (Wildman–Crippen LogP) is -12.9. The number of imidazole rings is 3. The van der Waals surface area contributed by atoms with Gasteiger partial charge in [0.1, 0.15) is 90.3 Å². The number of carbonyl (C=O) groups is 22. The number of phenols is 1. The number of urea groups is 2. The number of thiol groups is 2. The Morgan fingerprint density at radius 2 is 0.855 bits per heavy atom. The zero-order chi connectivity index (χ0) is 108. The average Bonchev–Trinajstić information content (AvgIpc) is 1.73. The van der Waals surface area contributed by atoms with Crippen molar-refractivity contribution >= 4 is 162 Å². The molecule has 3 aromatic heterocycles. The monoisotopic (exact) mass is 2080 g/mol. The number of nitrogens with zero attached hydrogens (tertiary/aromatic N) is 4. The van der Waals surface area contributed by atoms with E-state index in [-0.39, 0.29) is 145 Å². The fourth-order valence-electron chi connectivity index (χ4n) is 14.2. The van der Waals surface area contributed by atoms with Gasteiger partial charge in [-0.2, -0.15) is 25.3 Å². The minimum absolute atomic E-state index is 0.0175. The summed E-state index contributed by atoms with van der Waals surface area (Å²) in [5, 5.41) is 103. The standard InChI is InChI=1S/C84H128N32O27S2/c1-4-40(2)65(114-79(138)66(41(3)118)115-74(133)53(27-64(124)125)109-67(126)47(85)17-18-60(86)120)78(137)110-51(24-43-28-91-37-100-43)69(128)98-32-62(122)104-54(26-45-30-93-39-102-45)80(139)116-22-8-12-59(116)77(136)113-58(36-145)76(135)111-56(34-117)75(134)108-49(11-7-21-96-84(90)143)71(130)106-48(9-6-20-95-83(89)142)68(127)97-31-61(121)103-52(25-44-29-92-38-101-44)73(132)107-50(10-5-19-94-82(87)88)72(131)112-57(35-144)70(129)99-33-63(123)105-55(81(140)141)23-42-13-15-46(119)16-14-42/h13-16,28-30,37-41,47-59,65-66,117-119,144-145H,4-12,17-27,31-36,85H2,1-3H3,(H2,86,120)(H,91,100)(H,92,101)(H,93,102)(H,97,127)(H,98,128)(H,99,129)(H,103,121)(H,104,122)(H,105,123)(H,106,130)(H,107,132)(H,108,134)(H,109,126)(H,110,137)(H,111,135)(H,112,131)(H,113,136)(H,114,138)(H,115,133)(H,124,125)(H,140,141)(H4,87,88,94)(H3,89,95,142)(H3,90,96,143)/t40-,41+,47-,48-,49-,50-,51-,52-,53-,54-,55-,56-,57-,58-,59-,65-,66-/m0/s1. The van der Waals surface area contributed by atoms with Crippen molar-refractivity contribution in [2.24, 2.45) is 34.6 Å². The largest absolute Gasteiger partial charge is 0.508 e. The van der Waals surface area contributed by atoms with Gasteiger partial charge in [-0.15, -0.1) is 0 Å². The normalized spacial score (nSPS) is 15.3. The second kappa shape index (κ2) is 62.0. The summed E-state index contributed by atoms with van der Waals surface area (Å²) in [6, 6.07) is -20.9. The van der Waals surface area contributed by atoms with Crippen LogP contribution in [0.3, 0.4) is 0 Å². The van der Waals surface area contributed by atoms with Crippen LogP contribution in [0.15, 0.2) is 61.8 Å². The van der Waals surface area contributed by atoms with Crippen LogP contribution < -0.4 is 130 Å². The molecule has 1 saturated heterocycles. The van der Waals surface area contributed by atoms with Crippen molar-refractivity contribution in [3.63, 3.8) is 0 Å². The topological polar surface area (TPSA) is 948 Å². The first kappa shape index (κ1) is 120. The van der Waals surface area contributed by atoms with E-state index in [0.717, 1.165) is 11.8 Å². The highest BCUT2D eigenvalue weighted by atomic mass is 32.1. The molecule has 1 fully saturated rings. The third-order valence-electron chi connectivity index (χ3n) is 22.1. The number of carboxylic acid groups (broad SMARTS) is 2. The molecule has 59 nitrogen and oxygen atoms in total. The molecule has 22 amide bonds. The van der Waals surface area contributed by atoms with Crippen molar-refractivity contribution in [3.05, 3.63) is 84.5 Å². The zero-order valence-corrected chi connectivity index (χ0v) is 81.0. The molecule has 61 heteroatoms. The highest BCUT2D eigenvalue weighted by Crippen LogP contribution is 2.22. The minimum Gasteiger partial charge on any atom is -0.508 e. The summed E-state index contributed by atoms with van der Waals surface area (Å²) in [6.45, 7) is -0.0860. The second-order valence-electron chi connectivity index (χ2n) is 33.4. The van der Waals surface area contributed by atoms with Gasteiger partial charge >= 0.3 is 24.0 Å². The quantitative estimate of drug-likeness (QED) is 0.00845. The van der Waals surface area contributed by atoms with Gasteiger partial charge in [0, 0.05) is 105 Å². The third-order valence-corrected chi connectivity index (χ3v) is 22.9. The second-order valence-corrected chi connectivity index (χ2v) is 34.2. The molecule has 798 valence electrons. The van der Waals surface area contributed by atoms with Crippen molar-refractivity contribution < 1.29 is 131 Å². The number of guanidine groups is 1. The summed E-state index contributed by atoms with van der Waals surface area (Å²) in [5.41, 5.74) is 28.2. The molecule has 0 radical (unpaired) electrons. The third kappa shape index (κ3) is 43.0. The number of amides is 22. The van der Waals surface area contributed by atoms with Crippen molar-refractivity contribution in [3.8, 4) is 5.75 Å². The lowest BCUT2D eigenvalue weighted by atomic mass is 9.96. The van der Waals surface area contributed by atoms with E-state index in [2.05, 4.69) is 156 Å². The smallest absolute Gasteiger partial charge is 0.326 e. The maximum absolute atomic E-state index is 14.8. The molecule has 0 aliphatic carbocycles. The summed E-state index contributed by atoms with van der Waals surface area (Å²) >= 11 is 8.44. The van der Waals surface area contributed by atoms with E-state index in [0.29, 0.717) is 5.56 Å². The average molecular weight is 2080 g/mol. The van der Waals surface area contributed by atoms with Gasteiger partial charge in [0.05, 0.1) is 63.8 Å². The molecular weight excluding hydrogens is 1950 g/mol. The number of hydrogen-bond acceptors (Lipinski definition) is 32. The van der Waals surface area contributed by atoms with E-state index in [1.165, 1.54) is 68.8 Å². The number of phenolic OH excluding ortho intramolecular Hbond substituents is 1. The number of aliphatic carboxylic acids is 2. The van der Waals surface area contributed by atoms with Crippen molar-refractivity contribution in [2.75, 3.05) is 63.9 Å². The number of carboxylic acids is 2. The first-order valence-corrected chi connectivity index (χ1v) is 46.9. The van der Waals surface area contributed by atoms with Crippen LogP contribution in [0, 0.1) is 11.3 Å². The Kier molecular flexibility index (Phi) is 51.3. The number of primary amides is 3. The number of nitrogens with two attached hydrogens (primary N) is 5. The van der Waals surface area contributed by atoms with E-state index in [9.17, 15) is 131 Å². The Morgan fingerprint density at radius 1 is 0.462 bits per heavy atom. The van der Waals surface area contributed by atoms with E-state index in [1.54, 1.807) is 6.92 Å². The van der Waals surface area contributed by atoms with Crippen LogP contribution in [0.4, 0.5) is 9.59 Å². The molecular formula is C84H128N32O27S2. The number of rotatable bonds is 65. The fraction of sp³-hybridized carbons (Fsp3) is 0.548. The lowest BCUT2D eigenvalue weighted by Gasteiger charge is -2.30. The van der Waals surface area contributed by atoms with Gasteiger partial charge in [-0.3, -0.25) is 96.5 Å². The maximum Gasteiger partial charge on any atom is 0.326 e. The van der Waals surface area contributed by atoms with E-state index in [1.807, 2.05) is 0 Å². The molecule has 38 N–H and O–H groups in total. The van der Waals surface area contributed by atoms with Gasteiger partial charge < -0.3 is 175 Å². The molecule has 145 heavy (non-hydrogen) atoms. The minimum atomic E-state index is -1.95. The number of aromatic amines is 3. The molecule has 17 atom stereocenters. The van der Waals surface area contributed by atoms with Crippen LogP contribution in [0.25, 0.3) is 0 Å². The Labute approximate surface area is 838 Å². The number of nitrogens with one attached hydrogen (secondary N) is 23. The summed E-state index contributed by atoms with van der Waals surface area (Å²) in [5.74, 6) is -24.0. The summed E-state index contributed by atoms with van der Waals surface area (Å²) < 4.78 is 0. The summed E-state index contributed by atoms with van der Waals surface area (Å²) in [7, 11) is 0. The first-order valence-electron chi connectivity index (χ1n) is 45.6. The Hall–Kier alpha value is -15.6. The number of aliphatic hydroxyl groups excluding tert-OH is 2. The number of hydrogen-bond donors (Lipinski definition) is 35. The molecule has 4 heterocycles. The predicted molar refractivity (Wildman–Crippen MR) is 513 cm³/mol. The van der Waals surface area contributed by atoms with Gasteiger partial charge in [0.2, 0.25) is 106 Å². The zero-order valence-electron chi connectivity index (χ0n) is 79.3.